The molecule has 0 heterocycles. The molecule has 7 heteroatoms. The van der Waals surface area contributed by atoms with Crippen molar-refractivity contribution in [2.24, 2.45) is 5.92 Å². The van der Waals surface area contributed by atoms with Crippen LogP contribution in [-0.2, 0) is 16.6 Å². The molecule has 0 atom stereocenters. The molecule has 1 aromatic rings. The van der Waals surface area contributed by atoms with E-state index in [1.165, 1.54) is 6.07 Å². The predicted molar refractivity (Wildman–Crippen MR) is 83.9 cm³/mol. The first-order chi connectivity index (χ1) is 9.27. The van der Waals surface area contributed by atoms with Crippen LogP contribution >= 0.6 is 23.2 Å². The maximum absolute atomic E-state index is 12.3. The summed E-state index contributed by atoms with van der Waals surface area (Å²) in [7, 11) is -1.89. The Bertz CT molecular complexity index is 560. The van der Waals surface area contributed by atoms with Crippen molar-refractivity contribution in [3.05, 3.63) is 27.7 Å². The number of benzene rings is 1. The van der Waals surface area contributed by atoms with E-state index in [9.17, 15) is 8.42 Å². The Morgan fingerprint density at radius 2 is 1.90 bits per heavy atom. The van der Waals surface area contributed by atoms with E-state index in [2.05, 4.69) is 10.0 Å². The van der Waals surface area contributed by atoms with Crippen LogP contribution in [0.1, 0.15) is 25.8 Å². The monoisotopic (exact) mass is 338 g/mol. The minimum Gasteiger partial charge on any atom is -0.316 e. The van der Waals surface area contributed by atoms with Crippen LogP contribution in [0.15, 0.2) is 17.0 Å². The molecule has 0 aliphatic rings. The normalized spacial score (nSPS) is 12.1. The first-order valence-electron chi connectivity index (χ1n) is 6.40. The van der Waals surface area contributed by atoms with Gasteiger partial charge in [0.2, 0.25) is 10.0 Å². The predicted octanol–water partition coefficient (Wildman–Crippen LogP) is 3.04. The van der Waals surface area contributed by atoms with Gasteiger partial charge in [0.05, 0.1) is 5.02 Å². The molecule has 0 aliphatic heterocycles. The van der Waals surface area contributed by atoms with Gasteiger partial charge >= 0.3 is 0 Å². The molecule has 1 rings (SSSR count). The zero-order chi connectivity index (χ0) is 15.3. The Kier molecular flexibility index (Phi) is 6.75. The smallest absolute Gasteiger partial charge is 0.242 e. The number of nitrogens with one attached hydrogen (secondary N) is 2. The van der Waals surface area contributed by atoms with Gasteiger partial charge in [-0.2, -0.15) is 0 Å². The molecular formula is C13H20Cl2N2O2S. The minimum absolute atomic E-state index is 0.0284. The highest BCUT2D eigenvalue weighted by Crippen LogP contribution is 2.29. The van der Waals surface area contributed by atoms with Crippen LogP contribution in [0, 0.1) is 5.92 Å². The molecule has 20 heavy (non-hydrogen) atoms. The van der Waals surface area contributed by atoms with Crippen LogP contribution in [0.2, 0.25) is 10.0 Å². The number of halogens is 2. The summed E-state index contributed by atoms with van der Waals surface area (Å²) in [6.07, 6.45) is 0.765. The van der Waals surface area contributed by atoms with E-state index in [1.807, 2.05) is 13.8 Å². The molecule has 1 aromatic carbocycles. The Morgan fingerprint density at radius 3 is 2.45 bits per heavy atom. The van der Waals surface area contributed by atoms with Gasteiger partial charge in [-0.1, -0.05) is 37.0 Å². The molecule has 0 bridgehead atoms. The van der Waals surface area contributed by atoms with Crippen molar-refractivity contribution in [3.63, 3.8) is 0 Å². The molecule has 0 spiro atoms. The largest absolute Gasteiger partial charge is 0.316 e. The molecule has 0 aliphatic carbocycles. The molecule has 2 N–H and O–H groups in total. The Hall–Kier alpha value is -0.330. The molecule has 0 fully saturated rings. The van der Waals surface area contributed by atoms with Crippen LogP contribution in [-0.4, -0.2) is 22.0 Å². The van der Waals surface area contributed by atoms with E-state index in [1.54, 1.807) is 13.1 Å². The maximum atomic E-state index is 12.3. The first-order valence-corrected chi connectivity index (χ1v) is 8.64. The van der Waals surface area contributed by atoms with E-state index >= 15 is 0 Å². The zero-order valence-electron chi connectivity index (χ0n) is 11.8. The van der Waals surface area contributed by atoms with Crippen molar-refractivity contribution in [2.45, 2.75) is 31.7 Å². The van der Waals surface area contributed by atoms with Crippen LogP contribution < -0.4 is 10.0 Å². The molecule has 0 unspecified atom stereocenters. The van der Waals surface area contributed by atoms with Crippen molar-refractivity contribution < 1.29 is 8.42 Å². The second kappa shape index (κ2) is 7.61. The van der Waals surface area contributed by atoms with Gasteiger partial charge in [-0.25, -0.2) is 13.1 Å². The first kappa shape index (κ1) is 17.7. The Labute approximate surface area is 130 Å². The lowest BCUT2D eigenvalue weighted by atomic mass is 10.1. The lowest BCUT2D eigenvalue weighted by molar-refractivity contribution is 0.551. The molecule has 0 saturated heterocycles. The van der Waals surface area contributed by atoms with Gasteiger partial charge in [0.25, 0.3) is 0 Å². The summed E-state index contributed by atoms with van der Waals surface area (Å²) in [5, 5.41) is 3.49. The highest BCUT2D eigenvalue weighted by molar-refractivity contribution is 7.89. The van der Waals surface area contributed by atoms with E-state index in [-0.39, 0.29) is 9.92 Å². The van der Waals surface area contributed by atoms with Crippen molar-refractivity contribution in [3.8, 4) is 0 Å². The van der Waals surface area contributed by atoms with Gasteiger partial charge in [-0.15, -0.1) is 0 Å². The lowest BCUT2D eigenvalue weighted by Gasteiger charge is -2.13. The van der Waals surface area contributed by atoms with Crippen molar-refractivity contribution >= 4 is 33.2 Å². The highest BCUT2D eigenvalue weighted by atomic mass is 35.5. The fourth-order valence-corrected chi connectivity index (χ4v) is 3.67. The summed E-state index contributed by atoms with van der Waals surface area (Å²) in [6, 6.07) is 3.04. The molecule has 0 saturated carbocycles. The lowest BCUT2D eigenvalue weighted by Crippen LogP contribution is -2.26. The summed E-state index contributed by atoms with van der Waals surface area (Å²) in [5.41, 5.74) is 0.658. The van der Waals surface area contributed by atoms with Crippen LogP contribution in [0.25, 0.3) is 0 Å². The fraction of sp³-hybridized carbons (Fsp3) is 0.538. The second-order valence-electron chi connectivity index (χ2n) is 4.99. The average molecular weight is 339 g/mol. The van der Waals surface area contributed by atoms with E-state index in [0.717, 1.165) is 6.42 Å². The molecule has 0 radical (unpaired) electrons. The van der Waals surface area contributed by atoms with Crippen molar-refractivity contribution in [1.29, 1.82) is 0 Å². The topological polar surface area (TPSA) is 58.2 Å². The fourth-order valence-electron chi connectivity index (χ4n) is 1.69. The molecule has 0 aromatic heterocycles. The standard InChI is InChI=1S/C13H20Cl2N2O2S/c1-9(2)4-5-17-20(18,19)12-7-11(14)6-10(8-16-3)13(12)15/h6-7,9,16-17H,4-5,8H2,1-3H3. The molecule has 114 valence electrons. The number of rotatable bonds is 7. The summed E-state index contributed by atoms with van der Waals surface area (Å²) < 4.78 is 27.1. The van der Waals surface area contributed by atoms with Gasteiger partial charge in [0, 0.05) is 18.1 Å². The average Bonchev–Trinajstić information content (AvgIpc) is 2.32. The summed E-state index contributed by atoms with van der Waals surface area (Å²) >= 11 is 12.1. The SMILES string of the molecule is CNCc1cc(Cl)cc(S(=O)(=O)NCCC(C)C)c1Cl. The minimum atomic E-state index is -3.64. The Balaban J connectivity index is 3.05. The van der Waals surface area contributed by atoms with Crippen LogP contribution in [0.4, 0.5) is 0 Å². The quantitative estimate of drug-likeness (QED) is 0.803. The van der Waals surface area contributed by atoms with Crippen LogP contribution in [0.5, 0.6) is 0 Å². The van der Waals surface area contributed by atoms with Crippen LogP contribution in [0.3, 0.4) is 0 Å². The second-order valence-corrected chi connectivity index (χ2v) is 7.54. The van der Waals surface area contributed by atoms with E-state index in [0.29, 0.717) is 29.6 Å². The van der Waals surface area contributed by atoms with Gasteiger partial charge in [-0.05, 0) is 37.1 Å². The zero-order valence-corrected chi connectivity index (χ0v) is 14.2. The van der Waals surface area contributed by atoms with Gasteiger partial charge < -0.3 is 5.32 Å². The summed E-state index contributed by atoms with van der Waals surface area (Å²) in [4.78, 5) is 0.0284. The van der Waals surface area contributed by atoms with E-state index in [4.69, 9.17) is 23.2 Å². The molecule has 4 nitrogen and oxygen atoms in total. The number of hydrogen-bond donors (Lipinski definition) is 2. The number of hydrogen-bond acceptors (Lipinski definition) is 3. The van der Waals surface area contributed by atoms with Gasteiger partial charge in [0.1, 0.15) is 4.90 Å². The summed E-state index contributed by atoms with van der Waals surface area (Å²) in [6.45, 7) is 4.90. The third-order valence-corrected chi connectivity index (χ3v) is 5.01. The van der Waals surface area contributed by atoms with Gasteiger partial charge in [0.15, 0.2) is 0 Å². The van der Waals surface area contributed by atoms with Crippen molar-refractivity contribution in [2.75, 3.05) is 13.6 Å². The molecule has 0 amide bonds. The molecular weight excluding hydrogens is 319 g/mol. The summed E-state index contributed by atoms with van der Waals surface area (Å²) in [5.74, 6) is 0.424. The third kappa shape index (κ3) is 4.90. The number of sulfonamides is 1. The van der Waals surface area contributed by atoms with Gasteiger partial charge in [-0.3, -0.25) is 0 Å². The third-order valence-electron chi connectivity index (χ3n) is 2.75. The maximum Gasteiger partial charge on any atom is 0.242 e. The van der Waals surface area contributed by atoms with Crippen molar-refractivity contribution in [1.82, 2.24) is 10.0 Å². The van der Waals surface area contributed by atoms with E-state index < -0.39 is 10.0 Å². The highest BCUT2D eigenvalue weighted by Gasteiger charge is 2.20. The Morgan fingerprint density at radius 1 is 1.25 bits per heavy atom.